The topological polar surface area (TPSA) is 21.3 Å². The molecule has 0 aromatic heterocycles. The lowest BCUT2D eigenvalue weighted by molar-refractivity contribution is 0.197. The highest BCUT2D eigenvalue weighted by atomic mass is 79.9. The molecule has 0 saturated heterocycles. The zero-order valence-corrected chi connectivity index (χ0v) is 7.57. The normalized spacial score (nSPS) is 13.7. The Balaban J connectivity index is 2.88. The van der Waals surface area contributed by atoms with Crippen molar-refractivity contribution in [3.8, 4) is 0 Å². The highest BCUT2D eigenvalue weighted by molar-refractivity contribution is 9.09. The quantitative estimate of drug-likeness (QED) is 0.523. The molecule has 0 radical (unpaired) electrons. The van der Waals surface area contributed by atoms with Crippen LogP contribution in [0.15, 0.2) is 0 Å². The number of hydrogen-bond donors (Lipinski definition) is 1. The Labute approximate surface area is 65.1 Å². The zero-order valence-electron chi connectivity index (χ0n) is 5.98. The molecule has 0 aliphatic rings. The fraction of sp³-hybridized carbons (Fsp3) is 1.00. The first kappa shape index (κ1) is 9.40. The molecule has 0 saturated carbocycles. The van der Waals surface area contributed by atoms with Gasteiger partial charge in [-0.05, 0) is 6.92 Å². The Hall–Kier alpha value is 0.400. The summed E-state index contributed by atoms with van der Waals surface area (Å²) in [5, 5.41) is 4.26. The van der Waals surface area contributed by atoms with Crippen LogP contribution in [0.1, 0.15) is 6.92 Å². The predicted molar refractivity (Wildman–Crippen MR) is 43.1 cm³/mol. The molecule has 56 valence electrons. The molecule has 0 aliphatic heterocycles. The maximum Gasteiger partial charge on any atom is 0.0587 e. The molecular weight excluding hydrogens is 182 g/mol. The fourth-order valence-electron chi connectivity index (χ4n) is 0.462. The van der Waals surface area contributed by atoms with Gasteiger partial charge in [0.25, 0.3) is 0 Å². The number of hydrogen-bond acceptors (Lipinski definition) is 2. The van der Waals surface area contributed by atoms with Crippen molar-refractivity contribution in [1.29, 1.82) is 0 Å². The lowest BCUT2D eigenvalue weighted by atomic mass is 10.4. The summed E-state index contributed by atoms with van der Waals surface area (Å²) in [7, 11) is 1.71. The van der Waals surface area contributed by atoms with E-state index in [0.717, 1.165) is 18.5 Å². The van der Waals surface area contributed by atoms with Crippen LogP contribution in [-0.4, -0.2) is 31.6 Å². The van der Waals surface area contributed by atoms with Gasteiger partial charge in [0.1, 0.15) is 0 Å². The molecule has 1 atom stereocenters. The Morgan fingerprint density at radius 2 is 2.33 bits per heavy atom. The van der Waals surface area contributed by atoms with E-state index < -0.39 is 0 Å². The van der Waals surface area contributed by atoms with Crippen LogP contribution in [0, 0.1) is 0 Å². The summed E-state index contributed by atoms with van der Waals surface area (Å²) in [4.78, 5) is 0. The Morgan fingerprint density at radius 1 is 1.67 bits per heavy atom. The van der Waals surface area contributed by atoms with Crippen LogP contribution in [-0.2, 0) is 4.74 Å². The van der Waals surface area contributed by atoms with Gasteiger partial charge in [-0.2, -0.15) is 0 Å². The molecule has 3 heteroatoms. The molecule has 0 spiro atoms. The molecule has 0 amide bonds. The molecule has 0 rings (SSSR count). The molecule has 1 N–H and O–H groups in total. The van der Waals surface area contributed by atoms with E-state index in [1.807, 2.05) is 0 Å². The van der Waals surface area contributed by atoms with Crippen molar-refractivity contribution in [3.63, 3.8) is 0 Å². The summed E-state index contributed by atoms with van der Waals surface area (Å²) in [6.45, 7) is 3.85. The first-order chi connectivity index (χ1) is 4.31. The van der Waals surface area contributed by atoms with Gasteiger partial charge in [-0.1, -0.05) is 15.9 Å². The van der Waals surface area contributed by atoms with Crippen LogP contribution in [0.2, 0.25) is 0 Å². The smallest absolute Gasteiger partial charge is 0.0587 e. The van der Waals surface area contributed by atoms with Gasteiger partial charge >= 0.3 is 0 Å². The van der Waals surface area contributed by atoms with Crippen LogP contribution in [0.25, 0.3) is 0 Å². The standard InChI is InChI=1S/C6H14BrNO/c1-6(5-7)8-3-4-9-2/h6,8H,3-5H2,1-2H3. The lowest BCUT2D eigenvalue weighted by Crippen LogP contribution is -2.30. The van der Waals surface area contributed by atoms with Gasteiger partial charge in [-0.25, -0.2) is 0 Å². The maximum absolute atomic E-state index is 4.86. The minimum atomic E-state index is 0.542. The highest BCUT2D eigenvalue weighted by Crippen LogP contribution is 1.86. The van der Waals surface area contributed by atoms with Crippen molar-refractivity contribution < 1.29 is 4.74 Å². The van der Waals surface area contributed by atoms with Crippen molar-refractivity contribution in [2.24, 2.45) is 0 Å². The molecule has 0 aromatic carbocycles. The van der Waals surface area contributed by atoms with Gasteiger partial charge in [0, 0.05) is 25.0 Å². The van der Waals surface area contributed by atoms with Gasteiger partial charge in [0.15, 0.2) is 0 Å². The van der Waals surface area contributed by atoms with Crippen LogP contribution >= 0.6 is 15.9 Å². The molecule has 1 unspecified atom stereocenters. The van der Waals surface area contributed by atoms with Gasteiger partial charge in [-0.3, -0.25) is 0 Å². The largest absolute Gasteiger partial charge is 0.383 e. The number of halogens is 1. The minimum Gasteiger partial charge on any atom is -0.383 e. The third-order valence-electron chi connectivity index (χ3n) is 1.03. The molecule has 0 aliphatic carbocycles. The number of methoxy groups -OCH3 is 1. The van der Waals surface area contributed by atoms with Crippen LogP contribution in [0.3, 0.4) is 0 Å². The van der Waals surface area contributed by atoms with Crippen LogP contribution in [0.5, 0.6) is 0 Å². The van der Waals surface area contributed by atoms with Crippen LogP contribution < -0.4 is 5.32 Å². The van der Waals surface area contributed by atoms with Gasteiger partial charge in [0.2, 0.25) is 0 Å². The van der Waals surface area contributed by atoms with E-state index in [0.29, 0.717) is 6.04 Å². The van der Waals surface area contributed by atoms with Crippen molar-refractivity contribution in [3.05, 3.63) is 0 Å². The molecule has 2 nitrogen and oxygen atoms in total. The predicted octanol–water partition coefficient (Wildman–Crippen LogP) is 1.01. The van der Waals surface area contributed by atoms with Crippen molar-refractivity contribution in [2.45, 2.75) is 13.0 Å². The van der Waals surface area contributed by atoms with E-state index in [1.54, 1.807) is 7.11 Å². The second-order valence-corrected chi connectivity index (χ2v) is 2.65. The fourth-order valence-corrected chi connectivity index (χ4v) is 0.691. The molecule has 0 bridgehead atoms. The van der Waals surface area contributed by atoms with E-state index in [9.17, 15) is 0 Å². The van der Waals surface area contributed by atoms with E-state index >= 15 is 0 Å². The first-order valence-corrected chi connectivity index (χ1v) is 4.21. The lowest BCUT2D eigenvalue weighted by Gasteiger charge is -2.08. The van der Waals surface area contributed by atoms with Gasteiger partial charge in [0.05, 0.1) is 6.61 Å². The summed E-state index contributed by atoms with van der Waals surface area (Å²) in [6.07, 6.45) is 0. The van der Waals surface area contributed by atoms with Crippen molar-refractivity contribution >= 4 is 15.9 Å². The summed E-state index contributed by atoms with van der Waals surface area (Å²) >= 11 is 3.36. The van der Waals surface area contributed by atoms with E-state index in [1.165, 1.54) is 0 Å². The summed E-state index contributed by atoms with van der Waals surface area (Å²) in [6, 6.07) is 0.542. The van der Waals surface area contributed by atoms with E-state index in [4.69, 9.17) is 4.74 Å². The monoisotopic (exact) mass is 195 g/mol. The highest BCUT2D eigenvalue weighted by Gasteiger charge is 1.94. The van der Waals surface area contributed by atoms with Gasteiger partial charge < -0.3 is 10.1 Å². The molecule has 9 heavy (non-hydrogen) atoms. The van der Waals surface area contributed by atoms with E-state index in [-0.39, 0.29) is 0 Å². The average molecular weight is 196 g/mol. The van der Waals surface area contributed by atoms with Crippen molar-refractivity contribution in [2.75, 3.05) is 25.6 Å². The minimum absolute atomic E-state index is 0.542. The average Bonchev–Trinajstić information content (AvgIpc) is 1.89. The van der Waals surface area contributed by atoms with E-state index in [2.05, 4.69) is 28.2 Å². The zero-order chi connectivity index (χ0) is 7.11. The summed E-state index contributed by atoms with van der Waals surface area (Å²) in [5.41, 5.74) is 0. The number of ether oxygens (including phenoxy) is 1. The third-order valence-corrected chi connectivity index (χ3v) is 2.00. The second kappa shape index (κ2) is 6.52. The SMILES string of the molecule is COCCNC(C)CBr. The molecule has 0 aromatic rings. The third kappa shape index (κ3) is 6.28. The van der Waals surface area contributed by atoms with Crippen LogP contribution in [0.4, 0.5) is 0 Å². The number of rotatable bonds is 5. The summed E-state index contributed by atoms with van der Waals surface area (Å²) in [5.74, 6) is 0. The second-order valence-electron chi connectivity index (χ2n) is 2.00. The molecule has 0 heterocycles. The Kier molecular flexibility index (Phi) is 6.81. The number of alkyl halides is 1. The Bertz CT molecular complexity index is 61.0. The van der Waals surface area contributed by atoms with Gasteiger partial charge in [-0.15, -0.1) is 0 Å². The maximum atomic E-state index is 4.86. The molecule has 0 fully saturated rings. The summed E-state index contributed by atoms with van der Waals surface area (Å²) < 4.78 is 4.86. The first-order valence-electron chi connectivity index (χ1n) is 3.09. The molecular formula is C6H14BrNO. The Morgan fingerprint density at radius 3 is 2.78 bits per heavy atom. The number of nitrogens with one attached hydrogen (secondary N) is 1. The van der Waals surface area contributed by atoms with Crippen molar-refractivity contribution in [1.82, 2.24) is 5.32 Å².